The minimum absolute atomic E-state index is 0.184. The molecule has 1 amide bonds. The monoisotopic (exact) mass is 488 g/mol. The summed E-state index contributed by atoms with van der Waals surface area (Å²) in [5, 5.41) is 6.28. The average molecular weight is 489 g/mol. The van der Waals surface area contributed by atoms with Gasteiger partial charge in [-0.25, -0.2) is 9.97 Å². The summed E-state index contributed by atoms with van der Waals surface area (Å²) in [6, 6.07) is 11.5. The first kappa shape index (κ1) is 20.5. The number of hydrogen-bond acceptors (Lipinski definition) is 6. The van der Waals surface area contributed by atoms with Gasteiger partial charge >= 0.3 is 0 Å². The molecule has 4 rings (SSSR count). The Labute approximate surface area is 187 Å². The maximum atomic E-state index is 12.9. The summed E-state index contributed by atoms with van der Waals surface area (Å²) in [6.07, 6.45) is 5.54. The number of piperidine rings is 1. The van der Waals surface area contributed by atoms with Gasteiger partial charge in [0.05, 0.1) is 11.3 Å². The van der Waals surface area contributed by atoms with Gasteiger partial charge in [0.15, 0.2) is 5.13 Å². The predicted molar refractivity (Wildman–Crippen MR) is 122 cm³/mol. The van der Waals surface area contributed by atoms with E-state index in [1.807, 2.05) is 29.6 Å². The summed E-state index contributed by atoms with van der Waals surface area (Å²) < 4.78 is 1.02. The molecule has 0 aliphatic carbocycles. The Balaban J connectivity index is 1.43. The first-order chi connectivity index (χ1) is 14.2. The smallest absolute Gasteiger partial charge is 0.260 e. The number of halogens is 1. The summed E-state index contributed by atoms with van der Waals surface area (Å²) in [7, 11) is 0. The van der Waals surface area contributed by atoms with Crippen molar-refractivity contribution >= 4 is 50.1 Å². The second kappa shape index (κ2) is 9.84. The normalized spacial score (nSPS) is 14.7. The number of anilines is 1. The Morgan fingerprint density at radius 1 is 1.17 bits per heavy atom. The molecule has 0 spiro atoms. The van der Waals surface area contributed by atoms with Crippen LogP contribution in [-0.2, 0) is 6.54 Å². The van der Waals surface area contributed by atoms with Crippen molar-refractivity contribution in [3.8, 4) is 0 Å². The largest absolute Gasteiger partial charge is 0.298 e. The van der Waals surface area contributed by atoms with Crippen molar-refractivity contribution < 1.29 is 4.79 Å². The molecule has 1 fully saturated rings. The molecule has 1 N–H and O–H groups in total. The van der Waals surface area contributed by atoms with Gasteiger partial charge in [-0.1, -0.05) is 34.1 Å². The molecule has 8 heteroatoms. The van der Waals surface area contributed by atoms with Crippen LogP contribution in [0.2, 0.25) is 0 Å². The molecule has 0 atom stereocenters. The maximum Gasteiger partial charge on any atom is 0.260 e. The van der Waals surface area contributed by atoms with E-state index in [1.165, 1.54) is 42.4 Å². The van der Waals surface area contributed by atoms with Crippen LogP contribution >= 0.6 is 39.0 Å². The van der Waals surface area contributed by atoms with Crippen LogP contribution in [0.15, 0.2) is 62.4 Å². The topological polar surface area (TPSA) is 58.1 Å². The van der Waals surface area contributed by atoms with Gasteiger partial charge in [0.2, 0.25) is 0 Å². The molecule has 1 aromatic carbocycles. The van der Waals surface area contributed by atoms with Crippen molar-refractivity contribution in [3.63, 3.8) is 0 Å². The van der Waals surface area contributed by atoms with Gasteiger partial charge < -0.3 is 0 Å². The van der Waals surface area contributed by atoms with Gasteiger partial charge in [-0.05, 0) is 62.3 Å². The lowest BCUT2D eigenvalue weighted by molar-refractivity contribution is 0.102. The Bertz CT molecular complexity index is 971. The number of benzene rings is 1. The summed E-state index contributed by atoms with van der Waals surface area (Å²) in [6.45, 7) is 3.11. The Morgan fingerprint density at radius 2 is 1.97 bits per heavy atom. The molecule has 29 heavy (non-hydrogen) atoms. The van der Waals surface area contributed by atoms with Gasteiger partial charge in [-0.15, -0.1) is 11.3 Å². The van der Waals surface area contributed by atoms with Crippen molar-refractivity contribution in [2.45, 2.75) is 35.7 Å². The zero-order valence-corrected chi connectivity index (χ0v) is 19.0. The van der Waals surface area contributed by atoms with Crippen molar-refractivity contribution in [1.29, 1.82) is 0 Å². The highest BCUT2D eigenvalue weighted by molar-refractivity contribution is 9.10. The third-order valence-corrected chi connectivity index (χ3v) is 7.01. The lowest BCUT2D eigenvalue weighted by atomic mass is 10.1. The van der Waals surface area contributed by atoms with Crippen molar-refractivity contribution in [1.82, 2.24) is 14.9 Å². The number of likely N-dealkylation sites (tertiary alicyclic amines) is 1. The highest BCUT2D eigenvalue weighted by atomic mass is 79.9. The molecule has 150 valence electrons. The van der Waals surface area contributed by atoms with Crippen LogP contribution in [0.4, 0.5) is 5.13 Å². The zero-order chi connectivity index (χ0) is 20.1. The van der Waals surface area contributed by atoms with Crippen LogP contribution < -0.4 is 5.32 Å². The van der Waals surface area contributed by atoms with Gasteiger partial charge in [0, 0.05) is 27.5 Å². The minimum Gasteiger partial charge on any atom is -0.298 e. The SMILES string of the molecule is O=C(Nc1nc(CN2CCCCC2)cs1)c1cccnc1Sc1ccc(Br)cc1. The fourth-order valence-corrected chi connectivity index (χ4v) is 5.05. The molecule has 0 unspecified atom stereocenters. The van der Waals surface area contributed by atoms with E-state index < -0.39 is 0 Å². The lowest BCUT2D eigenvalue weighted by Crippen LogP contribution is -2.29. The van der Waals surface area contributed by atoms with Crippen LogP contribution in [-0.4, -0.2) is 33.9 Å². The fraction of sp³-hybridized carbons (Fsp3) is 0.286. The minimum atomic E-state index is -0.184. The van der Waals surface area contributed by atoms with Crippen molar-refractivity contribution in [3.05, 3.63) is 63.7 Å². The number of amides is 1. The van der Waals surface area contributed by atoms with Crippen molar-refractivity contribution in [2.24, 2.45) is 0 Å². The highest BCUT2D eigenvalue weighted by Gasteiger charge is 2.16. The summed E-state index contributed by atoms with van der Waals surface area (Å²) in [5.41, 5.74) is 1.57. The molecule has 1 saturated heterocycles. The molecule has 3 heterocycles. The lowest BCUT2D eigenvalue weighted by Gasteiger charge is -2.25. The van der Waals surface area contributed by atoms with Crippen LogP contribution in [0.25, 0.3) is 0 Å². The number of thiazole rings is 1. The van der Waals surface area contributed by atoms with Crippen LogP contribution in [0.3, 0.4) is 0 Å². The fourth-order valence-electron chi connectivity index (χ4n) is 3.21. The summed E-state index contributed by atoms with van der Waals surface area (Å²) >= 11 is 6.39. The van der Waals surface area contributed by atoms with E-state index in [-0.39, 0.29) is 5.91 Å². The van der Waals surface area contributed by atoms with Crippen LogP contribution in [0.5, 0.6) is 0 Å². The number of carbonyl (C=O) groups excluding carboxylic acids is 1. The number of aromatic nitrogens is 2. The van der Waals surface area contributed by atoms with E-state index in [9.17, 15) is 4.79 Å². The number of carbonyl (C=O) groups is 1. The first-order valence-electron chi connectivity index (χ1n) is 9.54. The first-order valence-corrected chi connectivity index (χ1v) is 12.0. The van der Waals surface area contributed by atoms with E-state index in [0.717, 1.165) is 34.7 Å². The number of nitrogens with one attached hydrogen (secondary N) is 1. The Morgan fingerprint density at radius 3 is 2.76 bits per heavy atom. The molecule has 0 saturated carbocycles. The van der Waals surface area contributed by atoms with Crippen LogP contribution in [0.1, 0.15) is 35.3 Å². The van der Waals surface area contributed by atoms with Crippen molar-refractivity contribution in [2.75, 3.05) is 18.4 Å². The third kappa shape index (κ3) is 5.66. The van der Waals surface area contributed by atoms with E-state index in [1.54, 1.807) is 18.3 Å². The Kier molecular flexibility index (Phi) is 6.97. The zero-order valence-electron chi connectivity index (χ0n) is 15.8. The Hall–Kier alpha value is -1.74. The molecule has 1 aliphatic heterocycles. The van der Waals surface area contributed by atoms with Gasteiger partial charge in [0.25, 0.3) is 5.91 Å². The summed E-state index contributed by atoms with van der Waals surface area (Å²) in [5.74, 6) is -0.184. The second-order valence-electron chi connectivity index (χ2n) is 6.85. The summed E-state index contributed by atoms with van der Waals surface area (Å²) in [4.78, 5) is 25.3. The van der Waals surface area contributed by atoms with E-state index in [2.05, 4.69) is 36.1 Å². The molecule has 0 bridgehead atoms. The molecule has 5 nitrogen and oxygen atoms in total. The highest BCUT2D eigenvalue weighted by Crippen LogP contribution is 2.30. The van der Waals surface area contributed by atoms with E-state index in [0.29, 0.717) is 15.7 Å². The molecule has 3 aromatic rings. The van der Waals surface area contributed by atoms with Crippen LogP contribution in [0, 0.1) is 0 Å². The number of hydrogen-bond donors (Lipinski definition) is 1. The molecular weight excluding hydrogens is 468 g/mol. The van der Waals surface area contributed by atoms with Gasteiger partial charge in [0.1, 0.15) is 5.03 Å². The molecule has 0 radical (unpaired) electrons. The number of rotatable bonds is 6. The third-order valence-electron chi connectivity index (χ3n) is 4.65. The standard InChI is InChI=1S/C21H21BrN4OS2/c22-15-6-8-17(9-7-15)29-20-18(5-4-10-23-20)19(27)25-21-24-16(14-28-21)13-26-11-2-1-3-12-26/h4-10,14H,1-3,11-13H2,(H,24,25,27). The quantitative estimate of drug-likeness (QED) is 0.482. The van der Waals surface area contributed by atoms with Gasteiger partial charge in [-0.2, -0.15) is 0 Å². The van der Waals surface area contributed by atoms with E-state index in [4.69, 9.17) is 0 Å². The van der Waals surface area contributed by atoms with E-state index >= 15 is 0 Å². The number of nitrogens with zero attached hydrogens (tertiary/aromatic N) is 3. The molecule has 1 aliphatic rings. The second-order valence-corrected chi connectivity index (χ2v) is 9.68. The maximum absolute atomic E-state index is 12.9. The predicted octanol–water partition coefficient (Wildman–Crippen LogP) is 5.69. The average Bonchev–Trinajstić information content (AvgIpc) is 3.17. The molecule has 2 aromatic heterocycles. The number of pyridine rings is 1. The molecular formula is C21H21BrN4OS2. The van der Waals surface area contributed by atoms with Gasteiger partial charge in [-0.3, -0.25) is 15.0 Å².